The molecule has 12 nitrogen and oxygen atoms in total. The predicted molar refractivity (Wildman–Crippen MR) is 133 cm³/mol. The summed E-state index contributed by atoms with van der Waals surface area (Å²) in [6.45, 7) is 2.00. The van der Waals surface area contributed by atoms with E-state index in [0.717, 1.165) is 24.2 Å². The third kappa shape index (κ3) is 4.75. The van der Waals surface area contributed by atoms with Crippen LogP contribution in [0, 0.1) is 16.0 Å². The highest BCUT2D eigenvalue weighted by Crippen LogP contribution is 2.44. The van der Waals surface area contributed by atoms with Gasteiger partial charge in [0.2, 0.25) is 0 Å². The van der Waals surface area contributed by atoms with Crippen LogP contribution >= 0.6 is 11.8 Å². The molecule has 4 N–H and O–H groups in total. The van der Waals surface area contributed by atoms with Gasteiger partial charge in [0.05, 0.1) is 17.1 Å². The van der Waals surface area contributed by atoms with Crippen LogP contribution in [0.2, 0.25) is 0 Å². The van der Waals surface area contributed by atoms with Gasteiger partial charge in [0.25, 0.3) is 5.69 Å². The first-order valence-electron chi connectivity index (χ1n) is 12.1. The van der Waals surface area contributed by atoms with Crippen molar-refractivity contribution in [2.24, 2.45) is 5.92 Å². The summed E-state index contributed by atoms with van der Waals surface area (Å²) in [5.74, 6) is 1.23. The molecule has 0 radical (unpaired) electrons. The second-order valence-electron chi connectivity index (χ2n) is 9.41. The Labute approximate surface area is 211 Å². The number of hydrogen-bond acceptors (Lipinski definition) is 11. The Morgan fingerprint density at radius 1 is 1.25 bits per heavy atom. The Morgan fingerprint density at radius 2 is 2.08 bits per heavy atom. The van der Waals surface area contributed by atoms with Crippen molar-refractivity contribution in [3.05, 3.63) is 39.9 Å². The summed E-state index contributed by atoms with van der Waals surface area (Å²) in [6, 6.07) is 6.19. The Balaban J connectivity index is 1.44. The molecule has 0 spiro atoms. The van der Waals surface area contributed by atoms with Gasteiger partial charge in [0.15, 0.2) is 22.1 Å². The van der Waals surface area contributed by atoms with Gasteiger partial charge >= 0.3 is 0 Å². The molecule has 2 aliphatic carbocycles. The van der Waals surface area contributed by atoms with Gasteiger partial charge in [-0.05, 0) is 37.2 Å². The van der Waals surface area contributed by atoms with E-state index in [0.29, 0.717) is 35.0 Å². The molecule has 13 heteroatoms. The van der Waals surface area contributed by atoms with Gasteiger partial charge in [0.1, 0.15) is 6.10 Å². The monoisotopic (exact) mass is 515 g/mol. The average Bonchev–Trinajstić information content (AvgIpc) is 3.43. The number of rotatable bonds is 10. The molecular formula is C23H29N7O5S. The largest absolute Gasteiger partial charge is 0.396 e. The molecule has 2 saturated carbocycles. The number of aliphatic hydroxyl groups excluding tert-OH is 3. The summed E-state index contributed by atoms with van der Waals surface area (Å²) in [5.41, 5.74) is 1.90. The fourth-order valence-corrected chi connectivity index (χ4v) is 5.65. The van der Waals surface area contributed by atoms with Gasteiger partial charge in [-0.3, -0.25) is 10.1 Å². The second-order valence-corrected chi connectivity index (χ2v) is 10.5. The van der Waals surface area contributed by atoms with Crippen molar-refractivity contribution < 1.29 is 20.2 Å². The zero-order valence-electron chi connectivity index (χ0n) is 19.8. The maximum absolute atomic E-state index is 11.2. The van der Waals surface area contributed by atoms with Crippen LogP contribution < -0.4 is 5.32 Å². The lowest BCUT2D eigenvalue weighted by Crippen LogP contribution is -2.30. The lowest BCUT2D eigenvalue weighted by molar-refractivity contribution is -0.384. The van der Waals surface area contributed by atoms with E-state index >= 15 is 0 Å². The Hall–Kier alpha value is -2.87. The molecule has 0 saturated heterocycles. The molecule has 2 aliphatic rings. The third-order valence-corrected chi connectivity index (χ3v) is 8.00. The number of hydrogen-bond donors (Lipinski definition) is 4. The summed E-state index contributed by atoms with van der Waals surface area (Å²) in [4.78, 5) is 20.1. The number of nitro benzene ring substituents is 1. The van der Waals surface area contributed by atoms with Crippen LogP contribution in [0.15, 0.2) is 29.4 Å². The van der Waals surface area contributed by atoms with Crippen LogP contribution in [0.1, 0.15) is 50.1 Å². The van der Waals surface area contributed by atoms with Crippen molar-refractivity contribution in [3.63, 3.8) is 0 Å². The normalized spacial score (nSPS) is 27.4. The van der Waals surface area contributed by atoms with Crippen LogP contribution in [-0.2, 0) is 0 Å². The smallest absolute Gasteiger partial charge is 0.269 e. The molecule has 0 bridgehead atoms. The first-order chi connectivity index (χ1) is 17.4. The van der Waals surface area contributed by atoms with Crippen molar-refractivity contribution >= 4 is 34.4 Å². The predicted octanol–water partition coefficient (Wildman–Crippen LogP) is 2.26. The van der Waals surface area contributed by atoms with E-state index < -0.39 is 23.2 Å². The molecule has 36 heavy (non-hydrogen) atoms. The molecule has 2 unspecified atom stereocenters. The number of nitrogens with one attached hydrogen (secondary N) is 1. The quantitative estimate of drug-likeness (QED) is 0.135. The maximum Gasteiger partial charge on any atom is 0.269 e. The average molecular weight is 516 g/mol. The summed E-state index contributed by atoms with van der Waals surface area (Å²) < 4.78 is 1.56. The van der Waals surface area contributed by atoms with E-state index in [4.69, 9.17) is 0 Å². The number of nitro groups is 1. The number of benzene rings is 1. The van der Waals surface area contributed by atoms with E-state index in [-0.39, 0.29) is 30.2 Å². The van der Waals surface area contributed by atoms with Crippen LogP contribution in [0.25, 0.3) is 11.2 Å². The molecule has 0 aliphatic heterocycles. The van der Waals surface area contributed by atoms with E-state index in [1.807, 2.05) is 6.07 Å². The lowest BCUT2D eigenvalue weighted by Gasteiger charge is -2.17. The van der Waals surface area contributed by atoms with Crippen LogP contribution in [0.5, 0.6) is 0 Å². The van der Waals surface area contributed by atoms with Gasteiger partial charge in [0, 0.05) is 36.5 Å². The topological polar surface area (TPSA) is 172 Å². The molecule has 0 amide bonds. The zero-order chi connectivity index (χ0) is 25.4. The summed E-state index contributed by atoms with van der Waals surface area (Å²) in [5, 5.41) is 54.2. The highest BCUT2D eigenvalue weighted by Gasteiger charge is 2.44. The molecule has 6 atom stereocenters. The number of anilines is 1. The lowest BCUT2D eigenvalue weighted by atomic mass is 10.0. The number of fused-ring (bicyclic) bond motifs is 1. The molecule has 5 rings (SSSR count). The number of non-ortho nitro benzene ring substituents is 1. The fourth-order valence-electron chi connectivity index (χ4n) is 4.95. The Morgan fingerprint density at radius 3 is 2.83 bits per heavy atom. The molecule has 2 aromatic heterocycles. The third-order valence-electron chi connectivity index (χ3n) is 6.95. The number of thioether (sulfide) groups is 1. The molecule has 192 valence electrons. The fraction of sp³-hybridized carbons (Fsp3) is 0.565. The minimum absolute atomic E-state index is 0.0344. The van der Waals surface area contributed by atoms with E-state index in [1.165, 1.54) is 17.8 Å². The number of aromatic nitrogens is 5. The SMILES string of the molecule is CCCSc1nc(NC2CC2c2cccc([N+](=O)[O-])c2)c2nnn([C@H]3C[C@@H](CCO)[C@H](O)[C@@H]3O)c2n1. The van der Waals surface area contributed by atoms with Gasteiger partial charge in [-0.1, -0.05) is 36.0 Å². The van der Waals surface area contributed by atoms with Gasteiger partial charge < -0.3 is 20.6 Å². The first-order valence-corrected chi connectivity index (χ1v) is 13.1. The summed E-state index contributed by atoms with van der Waals surface area (Å²) in [7, 11) is 0. The minimum Gasteiger partial charge on any atom is -0.396 e. The highest BCUT2D eigenvalue weighted by atomic mass is 32.2. The van der Waals surface area contributed by atoms with Crippen LogP contribution in [0.3, 0.4) is 0 Å². The van der Waals surface area contributed by atoms with Crippen molar-refractivity contribution in [3.8, 4) is 0 Å². The van der Waals surface area contributed by atoms with E-state index in [2.05, 4.69) is 32.5 Å². The standard InChI is InChI=1S/C23H29N7O5S/c1-2-8-36-23-25-21(24-16-11-15(16)12-4-3-5-14(9-12)30(34)35)18-22(26-23)29(28-27-18)17-10-13(6-7-31)19(32)20(17)33/h3-5,9,13,15-17,19-20,31-33H,2,6-8,10-11H2,1H3,(H,24,25,26)/t13-,15?,16?,17+,19+,20-/m1/s1. The minimum atomic E-state index is -1.05. The second kappa shape index (κ2) is 10.2. The number of aliphatic hydroxyl groups is 3. The molecule has 1 aromatic carbocycles. The van der Waals surface area contributed by atoms with Crippen molar-refractivity contribution in [1.82, 2.24) is 25.0 Å². The Kier molecular flexibility index (Phi) is 7.06. The van der Waals surface area contributed by atoms with E-state index in [1.54, 1.807) is 16.8 Å². The van der Waals surface area contributed by atoms with Gasteiger partial charge in [-0.15, -0.1) is 5.10 Å². The first kappa shape index (κ1) is 24.8. The highest BCUT2D eigenvalue weighted by molar-refractivity contribution is 7.99. The van der Waals surface area contributed by atoms with Crippen molar-refractivity contribution in [2.45, 2.75) is 68.0 Å². The van der Waals surface area contributed by atoms with Gasteiger partial charge in [-0.25, -0.2) is 14.6 Å². The van der Waals surface area contributed by atoms with Crippen molar-refractivity contribution in [2.75, 3.05) is 17.7 Å². The summed E-state index contributed by atoms with van der Waals surface area (Å²) in [6.07, 6.45) is 0.572. The summed E-state index contributed by atoms with van der Waals surface area (Å²) >= 11 is 1.51. The molecular weight excluding hydrogens is 486 g/mol. The van der Waals surface area contributed by atoms with E-state index in [9.17, 15) is 25.4 Å². The Bertz CT molecular complexity index is 1260. The molecule has 2 fully saturated rings. The molecule has 2 heterocycles. The maximum atomic E-state index is 11.2. The van der Waals surface area contributed by atoms with Crippen molar-refractivity contribution in [1.29, 1.82) is 0 Å². The number of nitrogens with zero attached hydrogens (tertiary/aromatic N) is 6. The molecule has 3 aromatic rings. The van der Waals surface area contributed by atoms with Crippen LogP contribution in [-0.4, -0.2) is 75.8 Å². The van der Waals surface area contributed by atoms with Crippen LogP contribution in [0.4, 0.5) is 11.5 Å². The van der Waals surface area contributed by atoms with Gasteiger partial charge in [-0.2, -0.15) is 0 Å². The zero-order valence-corrected chi connectivity index (χ0v) is 20.6.